The molecule has 1 saturated carbocycles. The van der Waals surface area contributed by atoms with Crippen LogP contribution in [0, 0.1) is 5.92 Å². The maximum Gasteiger partial charge on any atom is 0.133 e. The molecule has 3 nitrogen and oxygen atoms in total. The average molecular weight is 344 g/mol. The highest BCUT2D eigenvalue weighted by Gasteiger charge is 2.51. The summed E-state index contributed by atoms with van der Waals surface area (Å²) in [5, 5.41) is 9.56. The minimum atomic E-state index is 0.00622. The number of ketones is 1. The first-order chi connectivity index (χ1) is 11.8. The van der Waals surface area contributed by atoms with Gasteiger partial charge in [-0.05, 0) is 41.7 Å². The quantitative estimate of drug-likeness (QED) is 0.764. The Morgan fingerprint density at radius 3 is 2.68 bits per heavy atom. The van der Waals surface area contributed by atoms with Crippen molar-refractivity contribution in [3.05, 3.63) is 28.8 Å². The van der Waals surface area contributed by atoms with Crippen LogP contribution in [0.4, 0.5) is 0 Å². The second kappa shape index (κ2) is 6.75. The van der Waals surface area contributed by atoms with Crippen molar-refractivity contribution in [3.63, 3.8) is 0 Å². The molecule has 2 aliphatic rings. The van der Waals surface area contributed by atoms with Crippen LogP contribution in [0.25, 0.3) is 0 Å². The van der Waals surface area contributed by atoms with Gasteiger partial charge in [0.2, 0.25) is 0 Å². The number of aliphatic hydroxyl groups excluding tert-OH is 1. The number of carbonyl (C=O) groups is 1. The normalized spacial score (nSPS) is 26.2. The molecule has 1 fully saturated rings. The lowest BCUT2D eigenvalue weighted by molar-refractivity contribution is -0.119. The van der Waals surface area contributed by atoms with Crippen molar-refractivity contribution < 1.29 is 14.6 Å². The number of carbonyl (C=O) groups excluding carboxylic acids is 1. The van der Waals surface area contributed by atoms with E-state index in [0.717, 1.165) is 31.4 Å². The van der Waals surface area contributed by atoms with E-state index in [4.69, 9.17) is 4.74 Å². The molecule has 1 aliphatic heterocycles. The third-order valence-corrected chi connectivity index (χ3v) is 6.25. The second-order valence-electron chi connectivity index (χ2n) is 8.83. The van der Waals surface area contributed by atoms with Crippen LogP contribution in [0.1, 0.15) is 76.5 Å². The van der Waals surface area contributed by atoms with E-state index in [0.29, 0.717) is 31.1 Å². The van der Waals surface area contributed by atoms with E-state index in [-0.39, 0.29) is 17.4 Å². The Bertz CT molecular complexity index is 661. The van der Waals surface area contributed by atoms with Crippen LogP contribution in [0.15, 0.2) is 12.1 Å². The fraction of sp³-hybridized carbons (Fsp3) is 0.682. The Hall–Kier alpha value is -1.35. The van der Waals surface area contributed by atoms with Crippen LogP contribution in [0.5, 0.6) is 5.75 Å². The molecule has 25 heavy (non-hydrogen) atoms. The number of fused-ring (bicyclic) bond motifs is 1. The van der Waals surface area contributed by atoms with Gasteiger partial charge in [-0.25, -0.2) is 0 Å². The average Bonchev–Trinajstić information content (AvgIpc) is 3.17. The highest BCUT2D eigenvalue weighted by molar-refractivity contribution is 5.78. The molecular weight excluding hydrogens is 312 g/mol. The number of Topliss-reactive ketones (excluding diaryl/α,β-unsaturated/α-hetero) is 1. The Labute approximate surface area is 151 Å². The first-order valence-corrected chi connectivity index (χ1v) is 9.75. The highest BCUT2D eigenvalue weighted by Crippen LogP contribution is 2.55. The van der Waals surface area contributed by atoms with Gasteiger partial charge in [0.25, 0.3) is 0 Å². The number of aryl methyl sites for hydroxylation is 1. The molecule has 0 radical (unpaired) electrons. The summed E-state index contributed by atoms with van der Waals surface area (Å²) >= 11 is 0. The summed E-state index contributed by atoms with van der Waals surface area (Å²) in [7, 11) is 0. The van der Waals surface area contributed by atoms with E-state index < -0.39 is 0 Å². The SMILES string of the molecule is CCCCC(=O)CCc1cc(C2(C)CC2CO)cc2c1OCC2(C)C. The zero-order chi connectivity index (χ0) is 18.2. The van der Waals surface area contributed by atoms with Gasteiger partial charge < -0.3 is 9.84 Å². The van der Waals surface area contributed by atoms with Gasteiger partial charge in [-0.2, -0.15) is 0 Å². The number of aliphatic hydroxyl groups is 1. The molecule has 2 unspecified atom stereocenters. The fourth-order valence-corrected chi connectivity index (χ4v) is 4.05. The van der Waals surface area contributed by atoms with Crippen LogP contribution in [0.3, 0.4) is 0 Å². The van der Waals surface area contributed by atoms with Gasteiger partial charge >= 0.3 is 0 Å². The largest absolute Gasteiger partial charge is 0.492 e. The molecule has 0 spiro atoms. The van der Waals surface area contributed by atoms with Crippen molar-refractivity contribution in [1.29, 1.82) is 0 Å². The van der Waals surface area contributed by atoms with Crippen molar-refractivity contribution in [2.75, 3.05) is 13.2 Å². The molecule has 1 aromatic carbocycles. The van der Waals surface area contributed by atoms with E-state index >= 15 is 0 Å². The van der Waals surface area contributed by atoms with E-state index in [1.54, 1.807) is 0 Å². The first kappa shape index (κ1) is 18.4. The third kappa shape index (κ3) is 3.48. The summed E-state index contributed by atoms with van der Waals surface area (Å²) in [6.45, 7) is 9.75. The number of hydrogen-bond acceptors (Lipinski definition) is 3. The van der Waals surface area contributed by atoms with Gasteiger partial charge in [-0.15, -0.1) is 0 Å². The molecule has 138 valence electrons. The highest BCUT2D eigenvalue weighted by atomic mass is 16.5. The van der Waals surface area contributed by atoms with Crippen LogP contribution >= 0.6 is 0 Å². The second-order valence-corrected chi connectivity index (χ2v) is 8.83. The number of unbranched alkanes of at least 4 members (excludes halogenated alkanes) is 1. The molecule has 1 N–H and O–H groups in total. The molecule has 3 heteroatoms. The molecule has 0 aromatic heterocycles. The Balaban J connectivity index is 1.87. The van der Waals surface area contributed by atoms with Crippen molar-refractivity contribution in [2.24, 2.45) is 5.92 Å². The minimum absolute atomic E-state index is 0.00622. The molecule has 0 bridgehead atoms. The fourth-order valence-electron chi connectivity index (χ4n) is 4.05. The summed E-state index contributed by atoms with van der Waals surface area (Å²) in [6.07, 6.45) is 5.13. The number of hydrogen-bond donors (Lipinski definition) is 1. The lowest BCUT2D eigenvalue weighted by Gasteiger charge is -2.20. The predicted octanol–water partition coefficient (Wildman–Crippen LogP) is 4.32. The summed E-state index contributed by atoms with van der Waals surface area (Å²) < 4.78 is 6.04. The predicted molar refractivity (Wildman–Crippen MR) is 100 cm³/mol. The number of rotatable bonds is 8. The topological polar surface area (TPSA) is 46.5 Å². The van der Waals surface area contributed by atoms with Crippen LogP contribution in [0.2, 0.25) is 0 Å². The van der Waals surface area contributed by atoms with Crippen molar-refractivity contribution >= 4 is 5.78 Å². The zero-order valence-corrected chi connectivity index (χ0v) is 16.2. The number of ether oxygens (including phenoxy) is 1. The Kier molecular flexibility index (Phi) is 4.98. The van der Waals surface area contributed by atoms with Crippen molar-refractivity contribution in [2.45, 2.75) is 77.0 Å². The molecule has 1 aromatic rings. The van der Waals surface area contributed by atoms with Gasteiger partial charge in [0.1, 0.15) is 11.5 Å². The number of benzene rings is 1. The molecule has 0 saturated heterocycles. The zero-order valence-electron chi connectivity index (χ0n) is 16.2. The molecule has 2 atom stereocenters. The molecule has 1 heterocycles. The van der Waals surface area contributed by atoms with Gasteiger partial charge in [-0.3, -0.25) is 4.79 Å². The standard InChI is InChI=1S/C22H32O3/c1-5-6-7-18(24)9-8-15-10-16(22(4)12-17(22)13-23)11-19-20(15)25-14-21(19,2)3/h10-11,17,23H,5-9,12-14H2,1-4H3. The van der Waals surface area contributed by atoms with Crippen molar-refractivity contribution in [3.8, 4) is 5.75 Å². The van der Waals surface area contributed by atoms with Crippen molar-refractivity contribution in [1.82, 2.24) is 0 Å². The van der Waals surface area contributed by atoms with Gasteiger partial charge in [0.15, 0.2) is 0 Å². The summed E-state index contributed by atoms with van der Waals surface area (Å²) in [5.74, 6) is 1.71. The van der Waals surface area contributed by atoms with E-state index in [9.17, 15) is 9.90 Å². The lowest BCUT2D eigenvalue weighted by atomic mass is 9.81. The Morgan fingerprint density at radius 1 is 1.28 bits per heavy atom. The first-order valence-electron chi connectivity index (χ1n) is 9.75. The minimum Gasteiger partial charge on any atom is -0.492 e. The van der Waals surface area contributed by atoms with Crippen LogP contribution in [-0.2, 0) is 22.0 Å². The molecular formula is C22H32O3. The summed E-state index contributed by atoms with van der Waals surface area (Å²) in [5.41, 5.74) is 3.83. The molecule has 3 rings (SSSR count). The van der Waals surface area contributed by atoms with E-state index in [1.807, 2.05) is 0 Å². The van der Waals surface area contributed by atoms with Crippen LogP contribution < -0.4 is 4.74 Å². The van der Waals surface area contributed by atoms with Gasteiger partial charge in [-0.1, -0.05) is 46.2 Å². The maximum absolute atomic E-state index is 12.1. The lowest BCUT2D eigenvalue weighted by Crippen LogP contribution is -2.19. The van der Waals surface area contributed by atoms with Gasteiger partial charge in [0.05, 0.1) is 6.61 Å². The van der Waals surface area contributed by atoms with E-state index in [1.165, 1.54) is 16.7 Å². The molecule has 1 aliphatic carbocycles. The smallest absolute Gasteiger partial charge is 0.133 e. The molecule has 0 amide bonds. The third-order valence-electron chi connectivity index (χ3n) is 6.25. The van der Waals surface area contributed by atoms with E-state index in [2.05, 4.69) is 39.8 Å². The van der Waals surface area contributed by atoms with Crippen LogP contribution in [-0.4, -0.2) is 24.1 Å². The Morgan fingerprint density at radius 2 is 2.04 bits per heavy atom. The monoisotopic (exact) mass is 344 g/mol. The summed E-state index contributed by atoms with van der Waals surface area (Å²) in [6, 6.07) is 4.53. The summed E-state index contributed by atoms with van der Waals surface area (Å²) in [4.78, 5) is 12.1. The maximum atomic E-state index is 12.1. The van der Waals surface area contributed by atoms with Gasteiger partial charge in [0, 0.05) is 30.4 Å².